The molecule has 92 valence electrons. The van der Waals surface area contributed by atoms with Crippen LogP contribution in [0.25, 0.3) is 0 Å². The minimum Gasteiger partial charge on any atom is -0.258 e. The maximum atomic E-state index is 10.7. The predicted octanol–water partition coefficient (Wildman–Crippen LogP) is 4.65. The summed E-state index contributed by atoms with van der Waals surface area (Å²) in [7, 11) is 0. The molecular formula is C13H10BrNO2S. The average Bonchev–Trinajstić information content (AvgIpc) is 2.38. The zero-order chi connectivity index (χ0) is 13.0. The number of non-ortho nitro benzene ring substituents is 1. The van der Waals surface area contributed by atoms with Crippen LogP contribution in [0.4, 0.5) is 5.69 Å². The van der Waals surface area contributed by atoms with Gasteiger partial charge < -0.3 is 0 Å². The standard InChI is InChI=1S/C13H10BrNO2S/c14-12-7-6-11(15(16)17)8-13(12)18-9-10-4-2-1-3-5-10/h1-8H,9H2. The third-order valence-corrected chi connectivity index (χ3v) is 4.44. The van der Waals surface area contributed by atoms with Crippen LogP contribution in [-0.2, 0) is 5.75 Å². The van der Waals surface area contributed by atoms with Crippen molar-refractivity contribution in [3.05, 3.63) is 68.7 Å². The number of halogens is 1. The number of hydrogen-bond donors (Lipinski definition) is 0. The molecule has 5 heteroatoms. The number of nitro groups is 1. The Labute approximate surface area is 117 Å². The number of nitro benzene ring substituents is 1. The molecule has 0 aliphatic rings. The SMILES string of the molecule is O=[N+]([O-])c1ccc(Br)c(SCc2ccccc2)c1. The maximum absolute atomic E-state index is 10.7. The van der Waals surface area contributed by atoms with Crippen molar-refractivity contribution in [3.63, 3.8) is 0 Å². The lowest BCUT2D eigenvalue weighted by atomic mass is 10.2. The summed E-state index contributed by atoms with van der Waals surface area (Å²) < 4.78 is 0.883. The van der Waals surface area contributed by atoms with Crippen LogP contribution in [0.2, 0.25) is 0 Å². The highest BCUT2D eigenvalue weighted by atomic mass is 79.9. The second-order valence-electron chi connectivity index (χ2n) is 3.65. The number of benzene rings is 2. The first kappa shape index (κ1) is 13.1. The van der Waals surface area contributed by atoms with E-state index in [4.69, 9.17) is 0 Å². The van der Waals surface area contributed by atoms with E-state index in [0.717, 1.165) is 15.1 Å². The van der Waals surface area contributed by atoms with E-state index in [0.29, 0.717) is 0 Å². The van der Waals surface area contributed by atoms with Crippen LogP contribution in [0.5, 0.6) is 0 Å². The van der Waals surface area contributed by atoms with Gasteiger partial charge in [-0.25, -0.2) is 0 Å². The first-order chi connectivity index (χ1) is 8.66. The van der Waals surface area contributed by atoms with Gasteiger partial charge in [-0.1, -0.05) is 30.3 Å². The summed E-state index contributed by atoms with van der Waals surface area (Å²) in [6.45, 7) is 0. The highest BCUT2D eigenvalue weighted by Gasteiger charge is 2.09. The molecule has 2 aromatic carbocycles. The average molecular weight is 324 g/mol. The molecule has 0 atom stereocenters. The first-order valence-electron chi connectivity index (χ1n) is 5.27. The molecule has 0 amide bonds. The largest absolute Gasteiger partial charge is 0.270 e. The second-order valence-corrected chi connectivity index (χ2v) is 5.52. The summed E-state index contributed by atoms with van der Waals surface area (Å²) in [5, 5.41) is 10.7. The monoisotopic (exact) mass is 323 g/mol. The lowest BCUT2D eigenvalue weighted by Crippen LogP contribution is -1.88. The van der Waals surface area contributed by atoms with Crippen LogP contribution in [0, 0.1) is 10.1 Å². The van der Waals surface area contributed by atoms with E-state index in [1.54, 1.807) is 23.9 Å². The molecule has 0 N–H and O–H groups in total. The topological polar surface area (TPSA) is 43.1 Å². The zero-order valence-corrected chi connectivity index (χ0v) is 11.8. The number of thioether (sulfide) groups is 1. The third kappa shape index (κ3) is 3.34. The minimum atomic E-state index is -0.376. The van der Waals surface area contributed by atoms with E-state index >= 15 is 0 Å². The fourth-order valence-corrected chi connectivity index (χ4v) is 2.97. The highest BCUT2D eigenvalue weighted by Crippen LogP contribution is 2.32. The van der Waals surface area contributed by atoms with Crippen molar-refractivity contribution in [3.8, 4) is 0 Å². The first-order valence-corrected chi connectivity index (χ1v) is 7.05. The van der Waals surface area contributed by atoms with E-state index in [9.17, 15) is 10.1 Å². The van der Waals surface area contributed by atoms with Crippen molar-refractivity contribution < 1.29 is 4.92 Å². The smallest absolute Gasteiger partial charge is 0.258 e. The quantitative estimate of drug-likeness (QED) is 0.467. The van der Waals surface area contributed by atoms with E-state index in [-0.39, 0.29) is 10.6 Å². The summed E-state index contributed by atoms with van der Waals surface area (Å²) in [5.74, 6) is 0.792. The van der Waals surface area contributed by atoms with Crippen LogP contribution in [-0.4, -0.2) is 4.92 Å². The third-order valence-electron chi connectivity index (χ3n) is 2.36. The van der Waals surface area contributed by atoms with Crippen LogP contribution in [0.1, 0.15) is 5.56 Å². The Morgan fingerprint density at radius 3 is 2.56 bits per heavy atom. The summed E-state index contributed by atoms with van der Waals surface area (Å²) in [4.78, 5) is 11.2. The molecule has 0 aliphatic heterocycles. The Bertz CT molecular complexity index is 560. The number of rotatable bonds is 4. The molecule has 0 unspecified atom stereocenters. The van der Waals surface area contributed by atoms with Gasteiger partial charge in [0.05, 0.1) is 4.92 Å². The van der Waals surface area contributed by atoms with E-state index in [1.807, 2.05) is 30.3 Å². The van der Waals surface area contributed by atoms with Gasteiger partial charge in [-0.3, -0.25) is 10.1 Å². The van der Waals surface area contributed by atoms with Crippen LogP contribution >= 0.6 is 27.7 Å². The molecular weight excluding hydrogens is 314 g/mol. The van der Waals surface area contributed by atoms with Gasteiger partial charge in [0.15, 0.2) is 0 Å². The highest BCUT2D eigenvalue weighted by molar-refractivity contribution is 9.10. The molecule has 0 aromatic heterocycles. The molecule has 3 nitrogen and oxygen atoms in total. The van der Waals surface area contributed by atoms with Crippen molar-refractivity contribution in [1.82, 2.24) is 0 Å². The molecule has 2 aromatic rings. The van der Waals surface area contributed by atoms with Crippen molar-refractivity contribution >= 4 is 33.4 Å². The molecule has 0 heterocycles. The summed E-state index contributed by atoms with van der Waals surface area (Å²) >= 11 is 4.99. The molecule has 0 fully saturated rings. The molecule has 0 saturated carbocycles. The van der Waals surface area contributed by atoms with Gasteiger partial charge in [0.1, 0.15) is 0 Å². The molecule has 0 saturated heterocycles. The van der Waals surface area contributed by atoms with Crippen LogP contribution < -0.4 is 0 Å². The Morgan fingerprint density at radius 1 is 1.17 bits per heavy atom. The summed E-state index contributed by atoms with van der Waals surface area (Å²) in [5.41, 5.74) is 1.31. The molecule has 18 heavy (non-hydrogen) atoms. The summed E-state index contributed by atoms with van der Waals surface area (Å²) in [6.07, 6.45) is 0. The second kappa shape index (κ2) is 6.02. The van der Waals surface area contributed by atoms with Crippen LogP contribution in [0.15, 0.2) is 57.9 Å². The van der Waals surface area contributed by atoms with Gasteiger partial charge in [0.25, 0.3) is 5.69 Å². The predicted molar refractivity (Wildman–Crippen MR) is 76.8 cm³/mol. The zero-order valence-electron chi connectivity index (χ0n) is 9.38. The van der Waals surface area contributed by atoms with Crippen molar-refractivity contribution in [1.29, 1.82) is 0 Å². The normalized spacial score (nSPS) is 10.3. The Balaban J connectivity index is 2.14. The molecule has 0 bridgehead atoms. The van der Waals surface area contributed by atoms with Crippen molar-refractivity contribution in [2.24, 2.45) is 0 Å². The van der Waals surface area contributed by atoms with Gasteiger partial charge >= 0.3 is 0 Å². The molecule has 2 rings (SSSR count). The lowest BCUT2D eigenvalue weighted by Gasteiger charge is -2.04. The van der Waals surface area contributed by atoms with E-state index in [1.165, 1.54) is 11.6 Å². The van der Waals surface area contributed by atoms with E-state index in [2.05, 4.69) is 15.9 Å². The lowest BCUT2D eigenvalue weighted by molar-refractivity contribution is -0.385. The molecule has 0 spiro atoms. The van der Waals surface area contributed by atoms with Gasteiger partial charge in [-0.2, -0.15) is 0 Å². The van der Waals surface area contributed by atoms with Gasteiger partial charge in [-0.15, -0.1) is 11.8 Å². The Kier molecular flexibility index (Phi) is 4.38. The minimum absolute atomic E-state index is 0.119. The number of nitrogens with zero attached hydrogens (tertiary/aromatic N) is 1. The van der Waals surface area contributed by atoms with Crippen LogP contribution in [0.3, 0.4) is 0 Å². The fourth-order valence-electron chi connectivity index (χ4n) is 1.45. The van der Waals surface area contributed by atoms with Gasteiger partial charge in [0, 0.05) is 27.3 Å². The molecule has 0 radical (unpaired) electrons. The van der Waals surface area contributed by atoms with Crippen molar-refractivity contribution in [2.75, 3.05) is 0 Å². The van der Waals surface area contributed by atoms with Crippen molar-refractivity contribution in [2.45, 2.75) is 10.6 Å². The number of hydrogen-bond acceptors (Lipinski definition) is 3. The van der Waals surface area contributed by atoms with E-state index < -0.39 is 0 Å². The van der Waals surface area contributed by atoms with Gasteiger partial charge in [0.2, 0.25) is 0 Å². The Morgan fingerprint density at radius 2 is 1.89 bits per heavy atom. The Hall–Kier alpha value is -1.33. The van der Waals surface area contributed by atoms with Gasteiger partial charge in [-0.05, 0) is 27.6 Å². The fraction of sp³-hybridized carbons (Fsp3) is 0.0769. The molecule has 0 aliphatic carbocycles. The summed E-state index contributed by atoms with van der Waals surface area (Å²) in [6, 6.07) is 14.8. The maximum Gasteiger partial charge on any atom is 0.270 e.